The summed E-state index contributed by atoms with van der Waals surface area (Å²) in [6, 6.07) is 9.15. The number of hydrogen-bond donors (Lipinski definition) is 2. The van der Waals surface area contributed by atoms with E-state index in [0.717, 1.165) is 5.56 Å². The van der Waals surface area contributed by atoms with Gasteiger partial charge < -0.3 is 15.4 Å². The van der Waals surface area contributed by atoms with Crippen molar-refractivity contribution in [1.82, 2.24) is 10.6 Å². The van der Waals surface area contributed by atoms with Crippen LogP contribution < -0.4 is 15.4 Å². The molecule has 21 heavy (non-hydrogen) atoms. The largest absolute Gasteiger partial charge is 0.479 e. The van der Waals surface area contributed by atoms with Crippen molar-refractivity contribution in [2.75, 3.05) is 13.2 Å². The minimum Gasteiger partial charge on any atom is -0.479 e. The SMILES string of the molecule is CC(C)CNC(=O)C(C)NCc1ccc(OCC#N)cc1. The standard InChI is InChI=1S/C16H23N3O2/c1-12(2)10-19-16(20)13(3)18-11-14-4-6-15(7-5-14)21-9-8-17/h4-7,12-13,18H,9-11H2,1-3H3,(H,19,20). The van der Waals surface area contributed by atoms with Gasteiger partial charge in [0.05, 0.1) is 6.04 Å². The van der Waals surface area contributed by atoms with Gasteiger partial charge in [0, 0.05) is 13.1 Å². The number of carbonyl (C=O) groups excluding carboxylic acids is 1. The number of nitriles is 1. The molecule has 1 amide bonds. The number of nitrogens with one attached hydrogen (secondary N) is 2. The van der Waals surface area contributed by atoms with Crippen LogP contribution in [-0.2, 0) is 11.3 Å². The molecule has 0 aliphatic heterocycles. The molecule has 114 valence electrons. The molecule has 1 aromatic carbocycles. The maximum Gasteiger partial charge on any atom is 0.236 e. The molecule has 0 spiro atoms. The van der Waals surface area contributed by atoms with Gasteiger partial charge in [0.2, 0.25) is 5.91 Å². The van der Waals surface area contributed by atoms with E-state index in [-0.39, 0.29) is 18.6 Å². The second kappa shape index (κ2) is 8.98. The highest BCUT2D eigenvalue weighted by Crippen LogP contribution is 2.11. The Morgan fingerprint density at radius 3 is 2.52 bits per heavy atom. The summed E-state index contributed by atoms with van der Waals surface area (Å²) in [5, 5.41) is 14.5. The monoisotopic (exact) mass is 289 g/mol. The van der Waals surface area contributed by atoms with E-state index in [4.69, 9.17) is 10.00 Å². The predicted octanol–water partition coefficient (Wildman–Crippen LogP) is 1.84. The van der Waals surface area contributed by atoms with Gasteiger partial charge in [0.15, 0.2) is 6.61 Å². The zero-order chi connectivity index (χ0) is 15.7. The second-order valence-electron chi connectivity index (χ2n) is 5.33. The lowest BCUT2D eigenvalue weighted by molar-refractivity contribution is -0.122. The maximum atomic E-state index is 11.8. The summed E-state index contributed by atoms with van der Waals surface area (Å²) in [7, 11) is 0. The van der Waals surface area contributed by atoms with Crippen LogP contribution in [0, 0.1) is 17.2 Å². The molecular weight excluding hydrogens is 266 g/mol. The summed E-state index contributed by atoms with van der Waals surface area (Å²) in [6.07, 6.45) is 0. The van der Waals surface area contributed by atoms with Gasteiger partial charge in [-0.1, -0.05) is 26.0 Å². The van der Waals surface area contributed by atoms with Crippen LogP contribution in [0.4, 0.5) is 0 Å². The van der Waals surface area contributed by atoms with Crippen molar-refractivity contribution in [2.24, 2.45) is 5.92 Å². The van der Waals surface area contributed by atoms with E-state index in [9.17, 15) is 4.79 Å². The Morgan fingerprint density at radius 2 is 1.95 bits per heavy atom. The van der Waals surface area contributed by atoms with E-state index >= 15 is 0 Å². The number of nitrogens with zero attached hydrogens (tertiary/aromatic N) is 1. The number of amides is 1. The lowest BCUT2D eigenvalue weighted by atomic mass is 10.2. The molecule has 2 N–H and O–H groups in total. The van der Waals surface area contributed by atoms with Crippen LogP contribution in [0.2, 0.25) is 0 Å². The van der Waals surface area contributed by atoms with Gasteiger partial charge in [-0.3, -0.25) is 4.79 Å². The first-order valence-electron chi connectivity index (χ1n) is 7.12. The van der Waals surface area contributed by atoms with E-state index in [0.29, 0.717) is 24.8 Å². The Hall–Kier alpha value is -2.06. The smallest absolute Gasteiger partial charge is 0.236 e. The molecule has 0 aliphatic rings. The van der Waals surface area contributed by atoms with Crippen molar-refractivity contribution in [3.8, 4) is 11.8 Å². The molecule has 1 aromatic rings. The van der Waals surface area contributed by atoms with Gasteiger partial charge in [-0.05, 0) is 30.5 Å². The minimum atomic E-state index is -0.238. The van der Waals surface area contributed by atoms with E-state index in [1.165, 1.54) is 0 Å². The highest BCUT2D eigenvalue weighted by atomic mass is 16.5. The molecular formula is C16H23N3O2. The first-order chi connectivity index (χ1) is 10.0. The first kappa shape index (κ1) is 17.0. The summed E-state index contributed by atoms with van der Waals surface area (Å²) in [5.74, 6) is 1.13. The van der Waals surface area contributed by atoms with E-state index in [1.807, 2.05) is 37.3 Å². The quantitative estimate of drug-likeness (QED) is 0.766. The van der Waals surface area contributed by atoms with E-state index < -0.39 is 0 Å². The molecule has 0 fully saturated rings. The molecule has 0 saturated carbocycles. The Morgan fingerprint density at radius 1 is 1.29 bits per heavy atom. The fraction of sp³-hybridized carbons (Fsp3) is 0.500. The van der Waals surface area contributed by atoms with Crippen LogP contribution >= 0.6 is 0 Å². The van der Waals surface area contributed by atoms with Crippen molar-refractivity contribution in [1.29, 1.82) is 5.26 Å². The molecule has 0 heterocycles. The summed E-state index contributed by atoms with van der Waals surface area (Å²) >= 11 is 0. The average molecular weight is 289 g/mol. The molecule has 1 atom stereocenters. The first-order valence-corrected chi connectivity index (χ1v) is 7.12. The van der Waals surface area contributed by atoms with Crippen LogP contribution in [0.1, 0.15) is 26.3 Å². The van der Waals surface area contributed by atoms with Crippen molar-refractivity contribution < 1.29 is 9.53 Å². The Balaban J connectivity index is 2.37. The zero-order valence-electron chi connectivity index (χ0n) is 12.8. The molecule has 1 unspecified atom stereocenters. The summed E-state index contributed by atoms with van der Waals surface area (Å²) in [6.45, 7) is 7.32. The normalized spacial score (nSPS) is 11.8. The topological polar surface area (TPSA) is 74.2 Å². The predicted molar refractivity (Wildman–Crippen MR) is 81.7 cm³/mol. The lowest BCUT2D eigenvalue weighted by Crippen LogP contribution is -2.42. The van der Waals surface area contributed by atoms with Gasteiger partial charge in [-0.2, -0.15) is 5.26 Å². The third-order valence-corrected chi connectivity index (χ3v) is 2.92. The van der Waals surface area contributed by atoms with Gasteiger partial charge in [0.1, 0.15) is 11.8 Å². The number of hydrogen-bond acceptors (Lipinski definition) is 4. The minimum absolute atomic E-state index is 0.0117. The number of benzene rings is 1. The van der Waals surface area contributed by atoms with Crippen molar-refractivity contribution in [2.45, 2.75) is 33.4 Å². The average Bonchev–Trinajstić information content (AvgIpc) is 2.49. The van der Waals surface area contributed by atoms with Crippen molar-refractivity contribution in [3.05, 3.63) is 29.8 Å². The van der Waals surface area contributed by atoms with Crippen LogP contribution in [-0.4, -0.2) is 25.1 Å². The van der Waals surface area contributed by atoms with Crippen LogP contribution in [0.25, 0.3) is 0 Å². The third kappa shape index (κ3) is 6.77. The molecule has 0 aromatic heterocycles. The van der Waals surface area contributed by atoms with E-state index in [1.54, 1.807) is 0 Å². The van der Waals surface area contributed by atoms with Crippen molar-refractivity contribution >= 4 is 5.91 Å². The molecule has 5 nitrogen and oxygen atoms in total. The highest BCUT2D eigenvalue weighted by molar-refractivity contribution is 5.81. The third-order valence-electron chi connectivity index (χ3n) is 2.92. The Bertz CT molecular complexity index is 477. The van der Waals surface area contributed by atoms with Crippen LogP contribution in [0.5, 0.6) is 5.75 Å². The van der Waals surface area contributed by atoms with Crippen molar-refractivity contribution in [3.63, 3.8) is 0 Å². The molecule has 1 rings (SSSR count). The number of rotatable bonds is 8. The fourth-order valence-electron chi connectivity index (χ4n) is 1.64. The lowest BCUT2D eigenvalue weighted by Gasteiger charge is -2.15. The molecule has 0 aliphatic carbocycles. The highest BCUT2D eigenvalue weighted by Gasteiger charge is 2.11. The Labute approximate surface area is 126 Å². The number of ether oxygens (including phenoxy) is 1. The van der Waals surface area contributed by atoms with Crippen LogP contribution in [0.3, 0.4) is 0 Å². The van der Waals surface area contributed by atoms with Crippen LogP contribution in [0.15, 0.2) is 24.3 Å². The summed E-state index contributed by atoms with van der Waals surface area (Å²) < 4.78 is 5.18. The molecule has 0 radical (unpaired) electrons. The maximum absolute atomic E-state index is 11.8. The summed E-state index contributed by atoms with van der Waals surface area (Å²) in [5.41, 5.74) is 1.06. The fourth-order valence-corrected chi connectivity index (χ4v) is 1.64. The Kier molecular flexibility index (Phi) is 7.27. The molecule has 5 heteroatoms. The number of carbonyl (C=O) groups is 1. The second-order valence-corrected chi connectivity index (χ2v) is 5.33. The van der Waals surface area contributed by atoms with Gasteiger partial charge in [0.25, 0.3) is 0 Å². The molecule has 0 saturated heterocycles. The summed E-state index contributed by atoms with van der Waals surface area (Å²) in [4.78, 5) is 11.8. The van der Waals surface area contributed by atoms with Gasteiger partial charge in [-0.15, -0.1) is 0 Å². The molecule has 0 bridgehead atoms. The van der Waals surface area contributed by atoms with Gasteiger partial charge in [-0.25, -0.2) is 0 Å². The van der Waals surface area contributed by atoms with Gasteiger partial charge >= 0.3 is 0 Å². The zero-order valence-corrected chi connectivity index (χ0v) is 12.8. The van der Waals surface area contributed by atoms with E-state index in [2.05, 4.69) is 24.5 Å².